The first-order valence-corrected chi connectivity index (χ1v) is 9.08. The average Bonchev–Trinajstić information content (AvgIpc) is 2.60. The van der Waals surface area contributed by atoms with Gasteiger partial charge in [0, 0.05) is 37.4 Å². The van der Waals surface area contributed by atoms with Crippen LogP contribution < -0.4 is 11.1 Å². The summed E-state index contributed by atoms with van der Waals surface area (Å²) in [6, 6.07) is 6.16. The molecule has 1 heterocycles. The highest BCUT2D eigenvalue weighted by atomic mass is 15.2. The second-order valence-corrected chi connectivity index (χ2v) is 6.11. The number of piperidine rings is 1. The van der Waals surface area contributed by atoms with Crippen molar-refractivity contribution in [3.8, 4) is 0 Å². The molecule has 4 N–H and O–H groups in total. The van der Waals surface area contributed by atoms with Gasteiger partial charge in [-0.1, -0.05) is 33.3 Å². The molecule has 23 heavy (non-hydrogen) atoms. The minimum absolute atomic E-state index is 0.540. The molecule has 0 unspecified atom stereocenters. The van der Waals surface area contributed by atoms with Crippen LogP contribution in [0.2, 0.25) is 0 Å². The van der Waals surface area contributed by atoms with Crippen LogP contribution in [0.1, 0.15) is 64.0 Å². The largest absolute Gasteiger partial charge is 0.384 e. The van der Waals surface area contributed by atoms with Gasteiger partial charge in [-0.15, -0.1) is 0 Å². The molecule has 0 aromatic heterocycles. The van der Waals surface area contributed by atoms with Crippen molar-refractivity contribution >= 4 is 11.5 Å². The van der Waals surface area contributed by atoms with Crippen LogP contribution in [-0.2, 0) is 6.54 Å². The van der Waals surface area contributed by atoms with E-state index in [9.17, 15) is 0 Å². The van der Waals surface area contributed by atoms with Crippen LogP contribution in [0.25, 0.3) is 0 Å². The third-order valence-electron chi connectivity index (χ3n) is 3.81. The van der Waals surface area contributed by atoms with E-state index in [-0.39, 0.29) is 0 Å². The number of nitrogens with zero attached hydrogens (tertiary/aromatic N) is 1. The van der Waals surface area contributed by atoms with Gasteiger partial charge in [-0.2, -0.15) is 0 Å². The van der Waals surface area contributed by atoms with Crippen molar-refractivity contribution < 1.29 is 0 Å². The van der Waals surface area contributed by atoms with Crippen molar-refractivity contribution in [3.05, 3.63) is 29.3 Å². The molecule has 4 nitrogen and oxygen atoms in total. The first kappa shape index (κ1) is 19.5. The number of rotatable bonds is 5. The predicted octanol–water partition coefficient (Wildman–Crippen LogP) is 4.19. The van der Waals surface area contributed by atoms with Crippen molar-refractivity contribution in [3.63, 3.8) is 0 Å². The first-order valence-electron chi connectivity index (χ1n) is 9.08. The van der Waals surface area contributed by atoms with Crippen LogP contribution in [0.15, 0.2) is 18.2 Å². The minimum atomic E-state index is 0.540. The quantitative estimate of drug-likeness (QED) is 0.563. The molecule has 130 valence electrons. The molecule has 1 aliphatic rings. The molecule has 0 spiro atoms. The van der Waals surface area contributed by atoms with E-state index in [4.69, 9.17) is 11.1 Å². The molecular formula is C19H34N4. The second kappa shape index (κ2) is 11.1. The highest BCUT2D eigenvalue weighted by Gasteiger charge is 2.17. The van der Waals surface area contributed by atoms with Crippen LogP contribution in [0.3, 0.4) is 0 Å². The maximum Gasteiger partial charge on any atom is 0.130 e. The fourth-order valence-corrected chi connectivity index (χ4v) is 2.62. The van der Waals surface area contributed by atoms with Crippen LogP contribution in [0, 0.1) is 5.41 Å². The lowest BCUT2D eigenvalue weighted by atomic mass is 10.0. The highest BCUT2D eigenvalue weighted by Crippen LogP contribution is 2.21. The molecule has 1 saturated heterocycles. The van der Waals surface area contributed by atoms with Crippen LogP contribution in [-0.4, -0.2) is 30.4 Å². The topological polar surface area (TPSA) is 65.1 Å². The van der Waals surface area contributed by atoms with Gasteiger partial charge < -0.3 is 16.0 Å². The van der Waals surface area contributed by atoms with Crippen molar-refractivity contribution in [2.75, 3.05) is 25.0 Å². The summed E-state index contributed by atoms with van der Waals surface area (Å²) in [5.74, 6) is 0.645. The smallest absolute Gasteiger partial charge is 0.130 e. The first-order chi connectivity index (χ1) is 11.2. The summed E-state index contributed by atoms with van der Waals surface area (Å²) in [6.07, 6.45) is 6.00. The van der Waals surface area contributed by atoms with Crippen molar-refractivity contribution in [1.82, 2.24) is 4.90 Å². The SMILES string of the molecule is CCC.CCCNc1cc(CN)ccc1C(=N)N1CCCCC1. The fraction of sp³-hybridized carbons (Fsp3) is 0.632. The Morgan fingerprint density at radius 3 is 2.39 bits per heavy atom. The van der Waals surface area contributed by atoms with Crippen molar-refractivity contribution in [2.45, 2.75) is 59.4 Å². The minimum Gasteiger partial charge on any atom is -0.384 e. The standard InChI is InChI=1S/C16H26N4.C3H8/c1-2-8-19-15-11-13(12-17)6-7-14(15)16(18)20-9-4-3-5-10-20;1-3-2/h6-7,11,18-19H,2-5,8-10,12,17H2,1H3;3H2,1-2H3. The Morgan fingerprint density at radius 2 is 1.83 bits per heavy atom. The Kier molecular flexibility index (Phi) is 9.37. The number of anilines is 1. The number of hydrogen-bond donors (Lipinski definition) is 3. The third-order valence-corrected chi connectivity index (χ3v) is 3.81. The van der Waals surface area contributed by atoms with Gasteiger partial charge in [0.05, 0.1) is 0 Å². The van der Waals surface area contributed by atoms with E-state index in [0.29, 0.717) is 12.4 Å². The van der Waals surface area contributed by atoms with Crippen LogP contribution in [0.4, 0.5) is 5.69 Å². The molecule has 0 bridgehead atoms. The lowest BCUT2D eigenvalue weighted by molar-refractivity contribution is 0.341. The van der Waals surface area contributed by atoms with Gasteiger partial charge in [-0.25, -0.2) is 0 Å². The second-order valence-electron chi connectivity index (χ2n) is 6.11. The molecular weight excluding hydrogens is 284 g/mol. The molecule has 1 aromatic carbocycles. The molecule has 0 radical (unpaired) electrons. The maximum absolute atomic E-state index is 8.48. The zero-order valence-corrected chi connectivity index (χ0v) is 15.1. The molecule has 0 amide bonds. The molecule has 1 aliphatic heterocycles. The number of likely N-dealkylation sites (tertiary alicyclic amines) is 1. The summed E-state index contributed by atoms with van der Waals surface area (Å²) in [4.78, 5) is 2.19. The molecule has 1 aromatic rings. The molecule has 0 aliphatic carbocycles. The van der Waals surface area contributed by atoms with Crippen molar-refractivity contribution in [2.24, 2.45) is 5.73 Å². The Balaban J connectivity index is 0.000000816. The Hall–Kier alpha value is -1.55. The molecule has 2 rings (SSSR count). The number of nitrogens with one attached hydrogen (secondary N) is 2. The molecule has 4 heteroatoms. The van der Waals surface area contributed by atoms with Gasteiger partial charge in [-0.3, -0.25) is 5.41 Å². The van der Waals surface area contributed by atoms with Gasteiger partial charge in [0.2, 0.25) is 0 Å². The average molecular weight is 319 g/mol. The zero-order chi connectivity index (χ0) is 17.1. The molecule has 1 fully saturated rings. The monoisotopic (exact) mass is 318 g/mol. The maximum atomic E-state index is 8.48. The van der Waals surface area contributed by atoms with E-state index in [1.54, 1.807) is 0 Å². The van der Waals surface area contributed by atoms with Crippen LogP contribution in [0.5, 0.6) is 0 Å². The highest BCUT2D eigenvalue weighted by molar-refractivity contribution is 6.01. The van der Waals surface area contributed by atoms with E-state index in [1.165, 1.54) is 25.7 Å². The number of hydrogen-bond acceptors (Lipinski definition) is 3. The Morgan fingerprint density at radius 1 is 1.17 bits per heavy atom. The van der Waals surface area contributed by atoms with E-state index >= 15 is 0 Å². The summed E-state index contributed by atoms with van der Waals surface area (Å²) in [5, 5.41) is 11.9. The number of amidine groups is 1. The summed E-state index contributed by atoms with van der Waals surface area (Å²) < 4.78 is 0. The summed E-state index contributed by atoms with van der Waals surface area (Å²) >= 11 is 0. The molecule has 0 saturated carbocycles. The normalized spacial score (nSPS) is 14.0. The predicted molar refractivity (Wildman–Crippen MR) is 101 cm³/mol. The zero-order valence-electron chi connectivity index (χ0n) is 15.1. The summed E-state index contributed by atoms with van der Waals surface area (Å²) in [5.41, 5.74) is 8.88. The Labute approximate surface area is 142 Å². The van der Waals surface area contributed by atoms with Gasteiger partial charge in [0.15, 0.2) is 0 Å². The van der Waals surface area contributed by atoms with E-state index < -0.39 is 0 Å². The van der Waals surface area contributed by atoms with E-state index in [2.05, 4.69) is 37.1 Å². The van der Waals surface area contributed by atoms with Gasteiger partial charge in [-0.05, 0) is 43.4 Å². The number of nitrogens with two attached hydrogens (primary N) is 1. The van der Waals surface area contributed by atoms with Gasteiger partial charge in [0.25, 0.3) is 0 Å². The van der Waals surface area contributed by atoms with Gasteiger partial charge >= 0.3 is 0 Å². The Bertz CT molecular complexity index is 464. The lowest BCUT2D eigenvalue weighted by Gasteiger charge is -2.30. The van der Waals surface area contributed by atoms with Crippen LogP contribution >= 0.6 is 0 Å². The van der Waals surface area contributed by atoms with E-state index in [1.807, 2.05) is 12.1 Å². The summed E-state index contributed by atoms with van der Waals surface area (Å²) in [7, 11) is 0. The summed E-state index contributed by atoms with van der Waals surface area (Å²) in [6.45, 7) is 9.87. The lowest BCUT2D eigenvalue weighted by Crippen LogP contribution is -2.36. The van der Waals surface area contributed by atoms with Crippen molar-refractivity contribution in [1.29, 1.82) is 5.41 Å². The van der Waals surface area contributed by atoms with E-state index in [0.717, 1.165) is 42.9 Å². The fourth-order valence-electron chi connectivity index (χ4n) is 2.62. The molecule has 0 atom stereocenters. The number of benzene rings is 1. The third kappa shape index (κ3) is 6.22. The van der Waals surface area contributed by atoms with Gasteiger partial charge in [0.1, 0.15) is 5.84 Å².